The second-order valence-electron chi connectivity index (χ2n) is 5.47. The van der Waals surface area contributed by atoms with E-state index in [1.54, 1.807) is 14.0 Å². The summed E-state index contributed by atoms with van der Waals surface area (Å²) in [6, 6.07) is 1.84. The number of aliphatic imine (C=N–C) groups is 1. The third-order valence-electron chi connectivity index (χ3n) is 3.97. The lowest BCUT2D eigenvalue weighted by molar-refractivity contribution is 0.0983. The minimum absolute atomic E-state index is 0.0914. The Labute approximate surface area is 146 Å². The maximum atomic E-state index is 12.7. The molecule has 1 heterocycles. The monoisotopic (exact) mass is 346 g/mol. The molecule has 0 atom stereocenters. The van der Waals surface area contributed by atoms with Gasteiger partial charge in [-0.25, -0.2) is 0 Å². The van der Waals surface area contributed by atoms with E-state index in [1.807, 2.05) is 6.07 Å². The van der Waals surface area contributed by atoms with Crippen molar-refractivity contribution in [2.24, 2.45) is 4.99 Å². The van der Waals surface area contributed by atoms with Gasteiger partial charge in [0.25, 0.3) is 0 Å². The first-order chi connectivity index (χ1) is 11.5. The molecular weight excluding hydrogens is 324 g/mol. The van der Waals surface area contributed by atoms with Crippen LogP contribution < -0.4 is 0 Å². The molecule has 24 heavy (non-hydrogen) atoms. The van der Waals surface area contributed by atoms with Crippen molar-refractivity contribution in [1.29, 1.82) is 0 Å². The molecule has 6 heteroatoms. The standard InChI is InChI=1S/C18H22N2O3S/c1-5-19-10-15-12(3)16(21)18-14(17(15)22)9-13(24-18)11-20(6-2)7-8-23-4/h5,9-10H,1,6-8,11H2,2-4H3/b19-10-. The van der Waals surface area contributed by atoms with Gasteiger partial charge in [0, 0.05) is 54.2 Å². The topological polar surface area (TPSA) is 59.0 Å². The van der Waals surface area contributed by atoms with Gasteiger partial charge >= 0.3 is 0 Å². The zero-order chi connectivity index (χ0) is 17.7. The molecule has 1 aromatic rings. The number of hydrogen-bond acceptors (Lipinski definition) is 6. The van der Waals surface area contributed by atoms with Crippen LogP contribution in [-0.2, 0) is 11.3 Å². The lowest BCUT2D eigenvalue weighted by Gasteiger charge is -2.18. The van der Waals surface area contributed by atoms with Crippen molar-refractivity contribution in [3.63, 3.8) is 0 Å². The van der Waals surface area contributed by atoms with E-state index in [0.29, 0.717) is 34.7 Å². The Bertz CT molecular complexity index is 716. The second kappa shape index (κ2) is 8.28. The number of allylic oxidation sites excluding steroid dienone is 2. The summed E-state index contributed by atoms with van der Waals surface area (Å²) in [5.74, 6) is -0.235. The number of carbonyl (C=O) groups is 2. The van der Waals surface area contributed by atoms with E-state index in [0.717, 1.165) is 18.0 Å². The number of Topliss-reactive ketones (excluding diaryl/α,β-unsaturated/α-hetero) is 2. The van der Waals surface area contributed by atoms with E-state index in [1.165, 1.54) is 23.8 Å². The van der Waals surface area contributed by atoms with Crippen LogP contribution in [0.3, 0.4) is 0 Å². The molecule has 0 amide bonds. The SMILES string of the molecule is C=C/N=C\C1=C(C)C(=O)c2sc(CN(CC)CCOC)cc2C1=O. The molecule has 0 fully saturated rings. The molecule has 2 rings (SSSR count). The molecule has 128 valence electrons. The Morgan fingerprint density at radius 3 is 2.75 bits per heavy atom. The van der Waals surface area contributed by atoms with Crippen molar-refractivity contribution in [2.75, 3.05) is 26.8 Å². The summed E-state index contributed by atoms with van der Waals surface area (Å²) in [4.78, 5) is 32.9. The highest BCUT2D eigenvalue weighted by molar-refractivity contribution is 7.14. The molecule has 0 N–H and O–H groups in total. The molecule has 0 unspecified atom stereocenters. The van der Waals surface area contributed by atoms with Gasteiger partial charge < -0.3 is 4.74 Å². The normalized spacial score (nSPS) is 14.8. The lowest BCUT2D eigenvalue weighted by Crippen LogP contribution is -2.26. The number of rotatable bonds is 8. The van der Waals surface area contributed by atoms with E-state index in [-0.39, 0.29) is 11.6 Å². The minimum Gasteiger partial charge on any atom is -0.383 e. The molecule has 1 aliphatic rings. The zero-order valence-corrected chi connectivity index (χ0v) is 15.1. The predicted octanol–water partition coefficient (Wildman–Crippen LogP) is 3.13. The van der Waals surface area contributed by atoms with Crippen LogP contribution in [0.4, 0.5) is 0 Å². The van der Waals surface area contributed by atoms with Gasteiger partial charge in [0.1, 0.15) is 0 Å². The van der Waals surface area contributed by atoms with Crippen LogP contribution >= 0.6 is 11.3 Å². The van der Waals surface area contributed by atoms with Crippen LogP contribution in [0.25, 0.3) is 0 Å². The molecule has 1 aliphatic carbocycles. The molecule has 0 spiro atoms. The molecule has 0 saturated heterocycles. The molecule has 0 aliphatic heterocycles. The highest BCUT2D eigenvalue weighted by Gasteiger charge is 2.31. The molecule has 0 bridgehead atoms. The largest absolute Gasteiger partial charge is 0.383 e. The Morgan fingerprint density at radius 1 is 1.38 bits per heavy atom. The van der Waals surface area contributed by atoms with Crippen molar-refractivity contribution >= 4 is 29.1 Å². The van der Waals surface area contributed by atoms with Crippen LogP contribution in [-0.4, -0.2) is 49.5 Å². The number of fused-ring (bicyclic) bond motifs is 1. The van der Waals surface area contributed by atoms with Crippen LogP contribution in [0.2, 0.25) is 0 Å². The second-order valence-corrected chi connectivity index (χ2v) is 6.61. The molecule has 0 radical (unpaired) electrons. The minimum atomic E-state index is -0.143. The van der Waals surface area contributed by atoms with Crippen LogP contribution in [0.1, 0.15) is 38.8 Å². The molecule has 1 aromatic heterocycles. The summed E-state index contributed by atoms with van der Waals surface area (Å²) in [6.45, 7) is 10.3. The average Bonchev–Trinajstić information content (AvgIpc) is 3.01. The van der Waals surface area contributed by atoms with Crippen molar-refractivity contribution in [2.45, 2.75) is 20.4 Å². The summed E-state index contributed by atoms with van der Waals surface area (Å²) in [7, 11) is 1.68. The van der Waals surface area contributed by atoms with Crippen molar-refractivity contribution < 1.29 is 14.3 Å². The number of ketones is 2. The third kappa shape index (κ3) is 3.77. The average molecular weight is 346 g/mol. The number of carbonyl (C=O) groups excluding carboxylic acids is 2. The number of thiophene rings is 1. The molecule has 0 aromatic carbocycles. The Hall–Kier alpha value is -1.89. The van der Waals surface area contributed by atoms with Gasteiger partial charge in [-0.3, -0.25) is 19.5 Å². The molecule has 0 saturated carbocycles. The maximum absolute atomic E-state index is 12.7. The Balaban J connectivity index is 2.28. The summed E-state index contributed by atoms with van der Waals surface area (Å²) in [5.41, 5.74) is 1.28. The predicted molar refractivity (Wildman–Crippen MR) is 97.2 cm³/mol. The van der Waals surface area contributed by atoms with E-state index in [4.69, 9.17) is 4.74 Å². The van der Waals surface area contributed by atoms with Crippen LogP contribution in [0.15, 0.2) is 35.0 Å². The molecule has 5 nitrogen and oxygen atoms in total. The van der Waals surface area contributed by atoms with Crippen molar-refractivity contribution in [3.8, 4) is 0 Å². The van der Waals surface area contributed by atoms with Crippen molar-refractivity contribution in [1.82, 2.24) is 4.90 Å². The fraction of sp³-hybridized carbons (Fsp3) is 0.389. The van der Waals surface area contributed by atoms with Crippen LogP contribution in [0, 0.1) is 0 Å². The van der Waals surface area contributed by atoms with Gasteiger partial charge in [-0.15, -0.1) is 11.3 Å². The number of nitrogens with zero attached hydrogens (tertiary/aromatic N) is 2. The first-order valence-electron chi connectivity index (χ1n) is 7.81. The number of likely N-dealkylation sites (N-methyl/N-ethyl adjacent to an activating group) is 1. The van der Waals surface area contributed by atoms with Gasteiger partial charge in [-0.05, 0) is 19.5 Å². The van der Waals surface area contributed by atoms with Gasteiger partial charge in [0.15, 0.2) is 11.6 Å². The first-order valence-corrected chi connectivity index (χ1v) is 8.63. The number of hydrogen-bond donors (Lipinski definition) is 0. The highest BCUT2D eigenvalue weighted by Crippen LogP contribution is 2.32. The lowest BCUT2D eigenvalue weighted by atomic mass is 9.90. The number of methoxy groups -OCH3 is 1. The van der Waals surface area contributed by atoms with Gasteiger partial charge in [-0.2, -0.15) is 0 Å². The summed E-state index contributed by atoms with van der Waals surface area (Å²) < 4.78 is 5.12. The van der Waals surface area contributed by atoms with Crippen LogP contribution in [0.5, 0.6) is 0 Å². The Kier molecular flexibility index (Phi) is 6.36. The molecular formula is C18H22N2O3S. The van der Waals surface area contributed by atoms with Gasteiger partial charge in [-0.1, -0.05) is 13.5 Å². The summed E-state index contributed by atoms with van der Waals surface area (Å²) in [5, 5.41) is 0. The van der Waals surface area contributed by atoms with Gasteiger partial charge in [0.2, 0.25) is 0 Å². The number of ether oxygens (including phenoxy) is 1. The van der Waals surface area contributed by atoms with Crippen molar-refractivity contribution in [3.05, 3.63) is 45.3 Å². The Morgan fingerprint density at radius 2 is 2.12 bits per heavy atom. The summed E-state index contributed by atoms with van der Waals surface area (Å²) in [6.07, 6.45) is 2.77. The van der Waals surface area contributed by atoms with E-state index >= 15 is 0 Å². The zero-order valence-electron chi connectivity index (χ0n) is 14.3. The quantitative estimate of drug-likeness (QED) is 0.679. The fourth-order valence-corrected chi connectivity index (χ4v) is 3.73. The van der Waals surface area contributed by atoms with E-state index in [9.17, 15) is 9.59 Å². The fourth-order valence-electron chi connectivity index (χ4n) is 2.54. The van der Waals surface area contributed by atoms with Gasteiger partial charge in [0.05, 0.1) is 11.5 Å². The summed E-state index contributed by atoms with van der Waals surface area (Å²) >= 11 is 1.40. The smallest absolute Gasteiger partial charge is 0.200 e. The first kappa shape index (κ1) is 18.4. The van der Waals surface area contributed by atoms with E-state index < -0.39 is 0 Å². The van der Waals surface area contributed by atoms with E-state index in [2.05, 4.69) is 23.4 Å². The third-order valence-corrected chi connectivity index (χ3v) is 5.09. The highest BCUT2D eigenvalue weighted by atomic mass is 32.1. The maximum Gasteiger partial charge on any atom is 0.200 e.